The van der Waals surface area contributed by atoms with Gasteiger partial charge in [0, 0.05) is 11.1 Å². The third-order valence-electron chi connectivity index (χ3n) is 2.81. The zero-order chi connectivity index (χ0) is 19.8. The van der Waals surface area contributed by atoms with Crippen LogP contribution in [0, 0.1) is 22.7 Å². The summed E-state index contributed by atoms with van der Waals surface area (Å²) in [6.45, 7) is 2.69. The topological polar surface area (TPSA) is 159 Å². The zero-order valence-electron chi connectivity index (χ0n) is 13.8. The van der Waals surface area contributed by atoms with Crippen molar-refractivity contribution in [2.75, 3.05) is 11.5 Å². The molecule has 0 bridgehead atoms. The predicted molar refractivity (Wildman–Crippen MR) is 91.8 cm³/mol. The van der Waals surface area contributed by atoms with E-state index >= 15 is 0 Å². The fourth-order valence-electron chi connectivity index (χ4n) is 1.38. The lowest BCUT2D eigenvalue weighted by Crippen LogP contribution is -2.09. The smallest absolute Gasteiger partial charge is 0.267 e. The molecule has 0 aliphatic carbocycles. The van der Waals surface area contributed by atoms with E-state index in [0.717, 1.165) is 0 Å². The average Bonchev–Trinajstić information content (AvgIpc) is 2.63. The third kappa shape index (κ3) is 6.16. The lowest BCUT2D eigenvalue weighted by atomic mass is 10.0. The zero-order valence-corrected chi connectivity index (χ0v) is 15.4. The predicted octanol–water partition coefficient (Wildman–Crippen LogP) is 0.875. The summed E-state index contributed by atoms with van der Waals surface area (Å²) in [5.74, 6) is -0.659. The van der Waals surface area contributed by atoms with E-state index in [0.29, 0.717) is 0 Å². The first-order chi connectivity index (χ1) is 12.2. The molecule has 0 fully saturated rings. The minimum absolute atomic E-state index is 0.137. The average molecular weight is 398 g/mol. The summed E-state index contributed by atoms with van der Waals surface area (Å²) >= 11 is 0. The van der Waals surface area contributed by atoms with Gasteiger partial charge in [-0.2, -0.15) is 27.4 Å². The number of benzene rings is 1. The SMILES string of the molecule is CCS(=O)(=O)O/N=C(\C#N)c1cccc(/C(C#N)=N/OS(=O)(=O)CC)c1. The van der Waals surface area contributed by atoms with Crippen molar-refractivity contribution in [3.63, 3.8) is 0 Å². The van der Waals surface area contributed by atoms with Gasteiger partial charge in [0.05, 0.1) is 11.5 Å². The summed E-state index contributed by atoms with van der Waals surface area (Å²) in [5, 5.41) is 24.8. The number of nitriles is 2. The van der Waals surface area contributed by atoms with Crippen LogP contribution in [-0.4, -0.2) is 39.8 Å². The maximum atomic E-state index is 11.3. The van der Waals surface area contributed by atoms with E-state index in [9.17, 15) is 16.8 Å². The van der Waals surface area contributed by atoms with E-state index in [1.165, 1.54) is 38.1 Å². The van der Waals surface area contributed by atoms with Crippen molar-refractivity contribution in [1.29, 1.82) is 10.5 Å². The Labute approximate surface area is 151 Å². The van der Waals surface area contributed by atoms with Gasteiger partial charge in [-0.05, 0) is 19.9 Å². The van der Waals surface area contributed by atoms with Gasteiger partial charge < -0.3 is 0 Å². The van der Waals surface area contributed by atoms with Crippen LogP contribution in [0.3, 0.4) is 0 Å². The molecule has 0 heterocycles. The number of nitrogens with zero attached hydrogens (tertiary/aromatic N) is 4. The van der Waals surface area contributed by atoms with Crippen LogP contribution in [0.15, 0.2) is 34.6 Å². The molecule has 0 aliphatic heterocycles. The molecular formula is C14H14N4O6S2. The largest absolute Gasteiger partial charge is 0.328 e. The fourth-order valence-corrected chi connectivity index (χ4v) is 1.97. The summed E-state index contributed by atoms with van der Waals surface area (Å²) < 4.78 is 53.9. The van der Waals surface area contributed by atoms with Crippen LogP contribution in [0.5, 0.6) is 0 Å². The minimum Gasteiger partial charge on any atom is -0.267 e. The van der Waals surface area contributed by atoms with E-state index in [-0.39, 0.29) is 34.1 Å². The molecule has 0 saturated carbocycles. The first-order valence-corrected chi connectivity index (χ1v) is 10.2. The van der Waals surface area contributed by atoms with Crippen LogP contribution in [0.1, 0.15) is 25.0 Å². The molecule has 10 nitrogen and oxygen atoms in total. The van der Waals surface area contributed by atoms with E-state index in [1.54, 1.807) is 12.1 Å². The van der Waals surface area contributed by atoms with Gasteiger partial charge in [0.25, 0.3) is 0 Å². The molecule has 12 heteroatoms. The van der Waals surface area contributed by atoms with Crippen LogP contribution in [0.25, 0.3) is 0 Å². The molecule has 138 valence electrons. The fraction of sp³-hybridized carbons (Fsp3) is 0.286. The summed E-state index contributed by atoms with van der Waals surface area (Å²) in [5.41, 5.74) is -0.443. The van der Waals surface area contributed by atoms with Crippen molar-refractivity contribution >= 4 is 31.7 Å². The Bertz CT molecular complexity index is 935. The van der Waals surface area contributed by atoms with Gasteiger partial charge in [-0.25, -0.2) is 0 Å². The summed E-state index contributed by atoms with van der Waals surface area (Å²) in [6.07, 6.45) is 0. The highest BCUT2D eigenvalue weighted by molar-refractivity contribution is 7.86. The summed E-state index contributed by atoms with van der Waals surface area (Å²) in [7, 11) is -7.79. The Morgan fingerprint density at radius 1 is 0.923 bits per heavy atom. The van der Waals surface area contributed by atoms with E-state index < -0.39 is 20.2 Å². The highest BCUT2D eigenvalue weighted by Gasteiger charge is 2.13. The van der Waals surface area contributed by atoms with Crippen LogP contribution < -0.4 is 0 Å². The van der Waals surface area contributed by atoms with E-state index in [1.807, 2.05) is 0 Å². The molecule has 0 aromatic heterocycles. The molecule has 1 aromatic rings. The Morgan fingerprint density at radius 3 is 1.62 bits per heavy atom. The van der Waals surface area contributed by atoms with Crippen molar-refractivity contribution in [2.24, 2.45) is 10.3 Å². The first-order valence-electron chi connectivity index (χ1n) is 7.07. The second kappa shape index (κ2) is 8.94. The number of hydrogen-bond donors (Lipinski definition) is 0. The summed E-state index contributed by atoms with van der Waals surface area (Å²) in [4.78, 5) is 0. The second-order valence-corrected chi connectivity index (χ2v) is 8.21. The maximum absolute atomic E-state index is 11.3. The summed E-state index contributed by atoms with van der Waals surface area (Å²) in [6, 6.07) is 8.92. The molecule has 1 rings (SSSR count). The van der Waals surface area contributed by atoms with Gasteiger partial charge in [0.15, 0.2) is 11.4 Å². The first kappa shape index (κ1) is 21.1. The van der Waals surface area contributed by atoms with Gasteiger partial charge in [-0.3, -0.25) is 8.57 Å². The van der Waals surface area contributed by atoms with Gasteiger partial charge >= 0.3 is 20.2 Å². The van der Waals surface area contributed by atoms with Gasteiger partial charge in [-0.15, -0.1) is 0 Å². The third-order valence-corrected chi connectivity index (χ3v) is 4.83. The molecule has 0 spiro atoms. The molecule has 0 amide bonds. The van der Waals surface area contributed by atoms with E-state index in [2.05, 4.69) is 18.9 Å². The van der Waals surface area contributed by atoms with Crippen molar-refractivity contribution in [2.45, 2.75) is 13.8 Å². The van der Waals surface area contributed by atoms with Crippen molar-refractivity contribution in [3.8, 4) is 12.1 Å². The van der Waals surface area contributed by atoms with Crippen molar-refractivity contribution in [3.05, 3.63) is 35.4 Å². The quantitative estimate of drug-likeness (QED) is 0.460. The number of hydrogen-bond acceptors (Lipinski definition) is 10. The standard InChI is InChI=1S/C14H14N4O6S2/c1-3-25(19,20)23-17-13(9-15)11-6-5-7-12(8-11)14(10-16)18-24-26(21,22)4-2/h5-8H,3-4H2,1-2H3/b17-13+,18-14+. The van der Waals surface area contributed by atoms with Gasteiger partial charge in [0.2, 0.25) is 0 Å². The van der Waals surface area contributed by atoms with Gasteiger partial charge in [-0.1, -0.05) is 28.5 Å². The highest BCUT2D eigenvalue weighted by Crippen LogP contribution is 2.10. The molecule has 26 heavy (non-hydrogen) atoms. The Morgan fingerprint density at radius 2 is 1.31 bits per heavy atom. The molecule has 0 unspecified atom stereocenters. The molecule has 0 radical (unpaired) electrons. The Balaban J connectivity index is 3.24. The van der Waals surface area contributed by atoms with Gasteiger partial charge in [0.1, 0.15) is 12.1 Å². The normalized spacial score (nSPS) is 12.8. The number of oxime groups is 2. The second-order valence-electron chi connectivity index (χ2n) is 4.53. The van der Waals surface area contributed by atoms with E-state index in [4.69, 9.17) is 10.5 Å². The number of rotatable bonds is 8. The molecule has 0 aliphatic rings. The Kier molecular flexibility index (Phi) is 7.25. The molecule has 0 N–H and O–H groups in total. The molecule has 0 saturated heterocycles. The van der Waals surface area contributed by atoms with Crippen LogP contribution in [-0.2, 0) is 28.8 Å². The van der Waals surface area contributed by atoms with Crippen LogP contribution in [0.2, 0.25) is 0 Å². The molecular weight excluding hydrogens is 384 g/mol. The maximum Gasteiger partial charge on any atom is 0.328 e. The monoisotopic (exact) mass is 398 g/mol. The van der Waals surface area contributed by atoms with Crippen molar-refractivity contribution in [1.82, 2.24) is 0 Å². The van der Waals surface area contributed by atoms with Crippen LogP contribution in [0.4, 0.5) is 0 Å². The molecule has 1 aromatic carbocycles. The van der Waals surface area contributed by atoms with Crippen molar-refractivity contribution < 1.29 is 25.4 Å². The highest BCUT2D eigenvalue weighted by atomic mass is 32.2. The molecule has 0 atom stereocenters. The van der Waals surface area contributed by atoms with Crippen LogP contribution >= 0.6 is 0 Å². The lowest BCUT2D eigenvalue weighted by molar-refractivity contribution is 0.340. The lowest BCUT2D eigenvalue weighted by Gasteiger charge is -2.03. The minimum atomic E-state index is -3.89. The Hall–Kier alpha value is -2.96.